The van der Waals surface area contributed by atoms with Crippen molar-refractivity contribution >= 4 is 39.3 Å². The van der Waals surface area contributed by atoms with E-state index in [1.54, 1.807) is 12.1 Å². The van der Waals surface area contributed by atoms with Crippen LogP contribution in [0.25, 0.3) is 0 Å². The molecular weight excluding hydrogens is 426 g/mol. The molecule has 2 fully saturated rings. The number of rotatable bonds is 4. The molecule has 0 bridgehead atoms. The number of piperidine rings is 1. The Morgan fingerprint density at radius 1 is 1.20 bits per heavy atom. The van der Waals surface area contributed by atoms with E-state index in [2.05, 4.69) is 0 Å². The van der Waals surface area contributed by atoms with Gasteiger partial charge in [-0.15, -0.1) is 11.8 Å². The zero-order valence-corrected chi connectivity index (χ0v) is 18.7. The van der Waals surface area contributed by atoms with Crippen LogP contribution in [0.1, 0.15) is 26.2 Å². The maximum absolute atomic E-state index is 13.1. The topological polar surface area (TPSA) is 87.2 Å². The third kappa shape index (κ3) is 4.23. The zero-order chi connectivity index (χ0) is 21.3. The van der Waals surface area contributed by atoms with Gasteiger partial charge in [-0.3, -0.25) is 9.59 Å². The van der Waals surface area contributed by atoms with Crippen LogP contribution in [0.2, 0.25) is 0 Å². The minimum absolute atomic E-state index is 0.0577. The van der Waals surface area contributed by atoms with Gasteiger partial charge in [0.05, 0.1) is 29.5 Å². The third-order valence-corrected chi connectivity index (χ3v) is 8.84. The van der Waals surface area contributed by atoms with E-state index < -0.39 is 10.0 Å². The van der Waals surface area contributed by atoms with Crippen LogP contribution in [0.3, 0.4) is 0 Å². The second kappa shape index (κ2) is 8.86. The molecule has 3 aliphatic heterocycles. The molecule has 4 rings (SSSR count). The Kier molecular flexibility index (Phi) is 6.38. The summed E-state index contributed by atoms with van der Waals surface area (Å²) in [4.78, 5) is 29.9. The number of morpholine rings is 1. The van der Waals surface area contributed by atoms with E-state index in [1.165, 1.54) is 27.0 Å². The monoisotopic (exact) mass is 453 g/mol. The van der Waals surface area contributed by atoms with Crippen LogP contribution in [0, 0.1) is 0 Å². The summed E-state index contributed by atoms with van der Waals surface area (Å²) >= 11 is 1.37. The molecule has 30 heavy (non-hydrogen) atoms. The Hall–Kier alpha value is -1.62. The summed E-state index contributed by atoms with van der Waals surface area (Å²) in [5, 5.41) is 0. The second-order valence-electron chi connectivity index (χ2n) is 7.85. The minimum atomic E-state index is -3.68. The summed E-state index contributed by atoms with van der Waals surface area (Å²) in [6, 6.07) is 5.02. The van der Waals surface area contributed by atoms with Crippen molar-refractivity contribution in [3.63, 3.8) is 0 Å². The highest BCUT2D eigenvalue weighted by atomic mass is 32.2. The molecule has 0 aliphatic carbocycles. The first-order valence-corrected chi connectivity index (χ1v) is 12.7. The molecule has 1 aromatic rings. The average Bonchev–Trinajstić information content (AvgIpc) is 2.76. The van der Waals surface area contributed by atoms with Crippen molar-refractivity contribution in [2.24, 2.45) is 0 Å². The number of carbonyl (C=O) groups is 2. The van der Waals surface area contributed by atoms with E-state index >= 15 is 0 Å². The van der Waals surface area contributed by atoms with Gasteiger partial charge in [0, 0.05) is 30.6 Å². The normalized spacial score (nSPS) is 23.4. The van der Waals surface area contributed by atoms with Crippen LogP contribution in [-0.4, -0.2) is 80.6 Å². The Morgan fingerprint density at radius 2 is 1.97 bits per heavy atom. The van der Waals surface area contributed by atoms with Gasteiger partial charge in [-0.1, -0.05) is 0 Å². The van der Waals surface area contributed by atoms with Crippen molar-refractivity contribution in [1.82, 2.24) is 9.21 Å². The lowest BCUT2D eigenvalue weighted by Gasteiger charge is -2.36. The number of hydrogen-bond donors (Lipinski definition) is 0. The number of amides is 2. The molecule has 3 aliphatic rings. The smallest absolute Gasteiger partial charge is 0.243 e. The maximum atomic E-state index is 13.1. The lowest BCUT2D eigenvalue weighted by atomic mass is 10.0. The summed E-state index contributed by atoms with van der Waals surface area (Å²) < 4.78 is 32.8. The van der Waals surface area contributed by atoms with Crippen LogP contribution in [-0.2, 0) is 24.3 Å². The van der Waals surface area contributed by atoms with E-state index in [9.17, 15) is 18.0 Å². The van der Waals surface area contributed by atoms with Crippen LogP contribution in [0.15, 0.2) is 28.0 Å². The number of likely N-dealkylation sites (tertiary alicyclic amines) is 1. The Bertz CT molecular complexity index is 930. The van der Waals surface area contributed by atoms with Crippen LogP contribution >= 0.6 is 11.8 Å². The van der Waals surface area contributed by atoms with Crippen molar-refractivity contribution in [3.05, 3.63) is 18.2 Å². The number of fused-ring (bicyclic) bond motifs is 1. The van der Waals surface area contributed by atoms with Gasteiger partial charge in [0.15, 0.2) is 0 Å². The van der Waals surface area contributed by atoms with Crippen LogP contribution in [0.4, 0.5) is 5.69 Å². The number of anilines is 1. The lowest BCUT2D eigenvalue weighted by molar-refractivity contribution is -0.134. The highest BCUT2D eigenvalue weighted by molar-refractivity contribution is 8.00. The lowest BCUT2D eigenvalue weighted by Crippen LogP contribution is -2.49. The van der Waals surface area contributed by atoms with Crippen molar-refractivity contribution in [1.29, 1.82) is 0 Å². The fourth-order valence-electron chi connectivity index (χ4n) is 4.15. The molecule has 2 saturated heterocycles. The Morgan fingerprint density at radius 3 is 2.70 bits per heavy atom. The van der Waals surface area contributed by atoms with Gasteiger partial charge >= 0.3 is 0 Å². The summed E-state index contributed by atoms with van der Waals surface area (Å²) in [6.07, 6.45) is 3.04. The van der Waals surface area contributed by atoms with Gasteiger partial charge in [0.1, 0.15) is 6.54 Å². The molecular formula is C20H27N3O5S2. The van der Waals surface area contributed by atoms with Crippen LogP contribution < -0.4 is 4.90 Å². The van der Waals surface area contributed by atoms with Crippen molar-refractivity contribution < 1.29 is 22.7 Å². The number of ether oxygens (including phenoxy) is 1. The molecule has 0 spiro atoms. The number of nitrogens with zero attached hydrogens (tertiary/aromatic N) is 3. The van der Waals surface area contributed by atoms with Crippen molar-refractivity contribution in [3.8, 4) is 0 Å². The Labute approximate surface area is 181 Å². The summed E-state index contributed by atoms with van der Waals surface area (Å²) in [6.45, 7) is 4.03. The molecule has 2 amide bonds. The summed E-state index contributed by atoms with van der Waals surface area (Å²) in [7, 11) is -3.68. The third-order valence-electron chi connectivity index (χ3n) is 5.90. The first-order valence-electron chi connectivity index (χ1n) is 10.3. The SMILES string of the molecule is C[C@H]1CCCCN1C(=O)CN1C(=O)CSc2ccc(S(=O)(=O)N3CCOCC3)cc21. The van der Waals surface area contributed by atoms with E-state index in [0.29, 0.717) is 38.5 Å². The predicted octanol–water partition coefficient (Wildman–Crippen LogP) is 1.55. The van der Waals surface area contributed by atoms with Gasteiger partial charge in [-0.05, 0) is 44.4 Å². The summed E-state index contributed by atoms with van der Waals surface area (Å²) in [5.74, 6) is -0.0212. The molecule has 1 atom stereocenters. The summed E-state index contributed by atoms with van der Waals surface area (Å²) in [5.41, 5.74) is 0.503. The minimum Gasteiger partial charge on any atom is -0.379 e. The first kappa shape index (κ1) is 21.6. The van der Waals surface area contributed by atoms with E-state index in [-0.39, 0.29) is 35.0 Å². The van der Waals surface area contributed by atoms with Crippen molar-refractivity contribution in [2.45, 2.75) is 42.0 Å². The fourth-order valence-corrected chi connectivity index (χ4v) is 6.49. The second-order valence-corrected chi connectivity index (χ2v) is 10.8. The maximum Gasteiger partial charge on any atom is 0.243 e. The van der Waals surface area contributed by atoms with Gasteiger partial charge < -0.3 is 14.5 Å². The molecule has 3 heterocycles. The van der Waals surface area contributed by atoms with Gasteiger partial charge in [0.2, 0.25) is 21.8 Å². The molecule has 0 aromatic heterocycles. The van der Waals surface area contributed by atoms with E-state index in [1.807, 2.05) is 11.8 Å². The van der Waals surface area contributed by atoms with Crippen molar-refractivity contribution in [2.75, 3.05) is 50.0 Å². The molecule has 8 nitrogen and oxygen atoms in total. The highest BCUT2D eigenvalue weighted by Crippen LogP contribution is 2.37. The van der Waals surface area contributed by atoms with Crippen LogP contribution in [0.5, 0.6) is 0 Å². The number of carbonyl (C=O) groups excluding carboxylic acids is 2. The molecule has 0 saturated carbocycles. The van der Waals surface area contributed by atoms with Gasteiger partial charge in [0.25, 0.3) is 0 Å². The standard InChI is InChI=1S/C20H27N3O5S2/c1-15-4-2-3-7-22(15)19(24)13-23-17-12-16(5-6-18(17)29-14-20(23)25)30(26,27)21-8-10-28-11-9-21/h5-6,12,15H,2-4,7-11,13-14H2,1H3/t15-/m0/s1. The molecule has 0 N–H and O–H groups in total. The zero-order valence-electron chi connectivity index (χ0n) is 17.1. The average molecular weight is 454 g/mol. The predicted molar refractivity (Wildman–Crippen MR) is 114 cm³/mol. The molecule has 10 heteroatoms. The van der Waals surface area contributed by atoms with Gasteiger partial charge in [-0.2, -0.15) is 4.31 Å². The molecule has 164 valence electrons. The quantitative estimate of drug-likeness (QED) is 0.688. The van der Waals surface area contributed by atoms with E-state index in [4.69, 9.17) is 4.74 Å². The largest absolute Gasteiger partial charge is 0.379 e. The number of benzene rings is 1. The number of hydrogen-bond acceptors (Lipinski definition) is 6. The van der Waals surface area contributed by atoms with E-state index in [0.717, 1.165) is 24.2 Å². The highest BCUT2D eigenvalue weighted by Gasteiger charge is 2.33. The molecule has 1 aromatic carbocycles. The number of sulfonamides is 1. The number of thioether (sulfide) groups is 1. The van der Waals surface area contributed by atoms with Gasteiger partial charge in [-0.25, -0.2) is 8.42 Å². The Balaban J connectivity index is 1.61. The fraction of sp³-hybridized carbons (Fsp3) is 0.600. The molecule has 0 radical (unpaired) electrons. The molecule has 0 unspecified atom stereocenters. The first-order chi connectivity index (χ1) is 14.4.